The average Bonchev–Trinajstić information content (AvgIpc) is 2.46. The van der Waals surface area contributed by atoms with Crippen molar-refractivity contribution in [3.8, 4) is 6.01 Å². The van der Waals surface area contributed by atoms with Crippen molar-refractivity contribution >= 4 is 17.8 Å². The molecule has 0 bridgehead atoms. The molecular weight excluding hydrogens is 260 g/mol. The van der Waals surface area contributed by atoms with Crippen LogP contribution in [0.5, 0.6) is 6.01 Å². The van der Waals surface area contributed by atoms with E-state index >= 15 is 0 Å². The molecule has 0 saturated carbocycles. The SMILES string of the molecule is CNc1nc(OC)nc(N2CCC(CC(N)=O)CC2)n1. The maximum atomic E-state index is 10.9. The minimum Gasteiger partial charge on any atom is -0.467 e. The lowest BCUT2D eigenvalue weighted by Crippen LogP contribution is -2.36. The molecule has 2 rings (SSSR count). The van der Waals surface area contributed by atoms with E-state index in [4.69, 9.17) is 10.5 Å². The van der Waals surface area contributed by atoms with Crippen molar-refractivity contribution in [2.24, 2.45) is 11.7 Å². The Balaban J connectivity index is 2.04. The quantitative estimate of drug-likeness (QED) is 0.782. The van der Waals surface area contributed by atoms with Crippen molar-refractivity contribution in [2.45, 2.75) is 19.3 Å². The van der Waals surface area contributed by atoms with Crippen LogP contribution < -0.4 is 20.7 Å². The molecule has 1 aromatic heterocycles. The molecule has 8 heteroatoms. The lowest BCUT2D eigenvalue weighted by molar-refractivity contribution is -0.119. The molecule has 0 radical (unpaired) electrons. The first kappa shape index (κ1) is 14.3. The van der Waals surface area contributed by atoms with Gasteiger partial charge in [0.05, 0.1) is 7.11 Å². The number of aromatic nitrogens is 3. The van der Waals surface area contributed by atoms with E-state index in [1.807, 2.05) is 0 Å². The molecule has 3 N–H and O–H groups in total. The first-order chi connectivity index (χ1) is 9.62. The summed E-state index contributed by atoms with van der Waals surface area (Å²) in [5, 5.41) is 2.89. The van der Waals surface area contributed by atoms with Crippen LogP contribution in [0, 0.1) is 5.92 Å². The van der Waals surface area contributed by atoms with Gasteiger partial charge >= 0.3 is 6.01 Å². The smallest absolute Gasteiger partial charge is 0.322 e. The highest BCUT2D eigenvalue weighted by molar-refractivity contribution is 5.74. The van der Waals surface area contributed by atoms with Crippen LogP contribution in [0.4, 0.5) is 11.9 Å². The number of piperidine rings is 1. The second-order valence-corrected chi connectivity index (χ2v) is 4.80. The molecule has 8 nitrogen and oxygen atoms in total. The van der Waals surface area contributed by atoms with Crippen LogP contribution in [0.15, 0.2) is 0 Å². The summed E-state index contributed by atoms with van der Waals surface area (Å²) < 4.78 is 5.07. The van der Waals surface area contributed by atoms with E-state index < -0.39 is 0 Å². The maximum absolute atomic E-state index is 10.9. The highest BCUT2D eigenvalue weighted by Gasteiger charge is 2.23. The van der Waals surface area contributed by atoms with Crippen molar-refractivity contribution in [1.29, 1.82) is 0 Å². The van der Waals surface area contributed by atoms with Crippen LogP contribution in [-0.4, -0.2) is 48.1 Å². The molecule has 110 valence electrons. The summed E-state index contributed by atoms with van der Waals surface area (Å²) in [5.74, 6) is 1.20. The van der Waals surface area contributed by atoms with E-state index in [9.17, 15) is 4.79 Å². The van der Waals surface area contributed by atoms with E-state index in [-0.39, 0.29) is 5.91 Å². The van der Waals surface area contributed by atoms with Crippen LogP contribution in [0.2, 0.25) is 0 Å². The zero-order valence-electron chi connectivity index (χ0n) is 11.8. The van der Waals surface area contributed by atoms with Gasteiger partial charge in [0.1, 0.15) is 0 Å². The van der Waals surface area contributed by atoms with Crippen molar-refractivity contribution < 1.29 is 9.53 Å². The maximum Gasteiger partial charge on any atom is 0.322 e. The average molecular weight is 280 g/mol. The molecular formula is C12H20N6O2. The van der Waals surface area contributed by atoms with Gasteiger partial charge < -0.3 is 20.7 Å². The zero-order chi connectivity index (χ0) is 14.5. The summed E-state index contributed by atoms with van der Waals surface area (Å²) in [6.07, 6.45) is 2.27. The summed E-state index contributed by atoms with van der Waals surface area (Å²) in [6.45, 7) is 1.60. The van der Waals surface area contributed by atoms with Gasteiger partial charge in [-0.2, -0.15) is 15.0 Å². The Labute approximate surface area is 117 Å². The third kappa shape index (κ3) is 3.46. The summed E-state index contributed by atoms with van der Waals surface area (Å²) in [5.41, 5.74) is 5.23. The van der Waals surface area contributed by atoms with Gasteiger partial charge in [0, 0.05) is 26.6 Å². The number of carbonyl (C=O) groups is 1. The predicted octanol–water partition coefficient (Wildman–Crippen LogP) is 0.0137. The molecule has 1 aromatic rings. The highest BCUT2D eigenvalue weighted by atomic mass is 16.5. The van der Waals surface area contributed by atoms with Crippen LogP contribution in [-0.2, 0) is 4.79 Å². The number of nitrogens with one attached hydrogen (secondary N) is 1. The van der Waals surface area contributed by atoms with Crippen molar-refractivity contribution in [3.63, 3.8) is 0 Å². The van der Waals surface area contributed by atoms with Gasteiger partial charge in [0.2, 0.25) is 17.8 Å². The van der Waals surface area contributed by atoms with Gasteiger partial charge in [-0.25, -0.2) is 0 Å². The Morgan fingerprint density at radius 2 is 2.10 bits per heavy atom. The summed E-state index contributed by atoms with van der Waals surface area (Å²) >= 11 is 0. The Morgan fingerprint density at radius 1 is 1.40 bits per heavy atom. The fraction of sp³-hybridized carbons (Fsp3) is 0.667. The molecule has 2 heterocycles. The molecule has 1 aliphatic heterocycles. The lowest BCUT2D eigenvalue weighted by atomic mass is 9.93. The van der Waals surface area contributed by atoms with Gasteiger partial charge in [0.25, 0.3) is 0 Å². The molecule has 20 heavy (non-hydrogen) atoms. The van der Waals surface area contributed by atoms with E-state index in [0.717, 1.165) is 25.9 Å². The molecule has 0 unspecified atom stereocenters. The number of rotatable bonds is 5. The highest BCUT2D eigenvalue weighted by Crippen LogP contribution is 2.24. The van der Waals surface area contributed by atoms with E-state index in [1.165, 1.54) is 7.11 Å². The molecule has 0 atom stereocenters. The first-order valence-electron chi connectivity index (χ1n) is 6.63. The number of nitrogens with two attached hydrogens (primary N) is 1. The zero-order valence-corrected chi connectivity index (χ0v) is 11.8. The summed E-state index contributed by atoms with van der Waals surface area (Å²) in [6, 6.07) is 0.290. The van der Waals surface area contributed by atoms with Crippen LogP contribution in [0.1, 0.15) is 19.3 Å². The second-order valence-electron chi connectivity index (χ2n) is 4.80. The van der Waals surface area contributed by atoms with Crippen molar-refractivity contribution in [1.82, 2.24) is 15.0 Å². The summed E-state index contributed by atoms with van der Waals surface area (Å²) in [7, 11) is 3.27. The summed E-state index contributed by atoms with van der Waals surface area (Å²) in [4.78, 5) is 25.7. The predicted molar refractivity (Wildman–Crippen MR) is 74.7 cm³/mol. The van der Waals surface area contributed by atoms with Crippen LogP contribution >= 0.6 is 0 Å². The normalized spacial score (nSPS) is 16.0. The Kier molecular flexibility index (Phi) is 4.54. The van der Waals surface area contributed by atoms with Gasteiger partial charge in [-0.15, -0.1) is 0 Å². The minimum atomic E-state index is -0.234. The Bertz CT molecular complexity index is 451. The fourth-order valence-electron chi connectivity index (χ4n) is 2.31. The van der Waals surface area contributed by atoms with E-state index in [1.54, 1.807) is 7.05 Å². The number of methoxy groups -OCH3 is 1. The lowest BCUT2D eigenvalue weighted by Gasteiger charge is -2.31. The third-order valence-corrected chi connectivity index (χ3v) is 3.40. The van der Waals surface area contributed by atoms with E-state index in [0.29, 0.717) is 30.2 Å². The van der Waals surface area contributed by atoms with Gasteiger partial charge in [-0.3, -0.25) is 4.79 Å². The molecule has 1 saturated heterocycles. The van der Waals surface area contributed by atoms with E-state index in [2.05, 4.69) is 25.2 Å². The van der Waals surface area contributed by atoms with Gasteiger partial charge in [-0.1, -0.05) is 0 Å². The largest absolute Gasteiger partial charge is 0.467 e. The molecule has 1 amide bonds. The monoisotopic (exact) mass is 280 g/mol. The number of carbonyl (C=O) groups excluding carboxylic acids is 1. The van der Waals surface area contributed by atoms with Gasteiger partial charge in [0.15, 0.2) is 0 Å². The van der Waals surface area contributed by atoms with Gasteiger partial charge in [-0.05, 0) is 18.8 Å². The standard InChI is InChI=1S/C12H20N6O2/c1-14-10-15-11(17-12(16-10)20-2)18-5-3-8(4-6-18)7-9(13)19/h8H,3-7H2,1-2H3,(H2,13,19)(H,14,15,16,17). The molecule has 1 fully saturated rings. The molecule has 0 aliphatic carbocycles. The second kappa shape index (κ2) is 6.36. The number of amides is 1. The Morgan fingerprint density at radius 3 is 2.65 bits per heavy atom. The first-order valence-corrected chi connectivity index (χ1v) is 6.63. The molecule has 0 aromatic carbocycles. The third-order valence-electron chi connectivity index (χ3n) is 3.40. The number of anilines is 2. The van der Waals surface area contributed by atoms with Crippen LogP contribution in [0.3, 0.4) is 0 Å². The number of hydrogen-bond acceptors (Lipinski definition) is 7. The number of nitrogens with zero attached hydrogens (tertiary/aromatic N) is 4. The van der Waals surface area contributed by atoms with Crippen molar-refractivity contribution in [3.05, 3.63) is 0 Å². The number of ether oxygens (including phenoxy) is 1. The van der Waals surface area contributed by atoms with Crippen LogP contribution in [0.25, 0.3) is 0 Å². The minimum absolute atomic E-state index is 0.234. The molecule has 0 spiro atoms. The van der Waals surface area contributed by atoms with Crippen molar-refractivity contribution in [2.75, 3.05) is 37.5 Å². The fourth-order valence-corrected chi connectivity index (χ4v) is 2.31. The Hall–Kier alpha value is -2.12. The molecule has 1 aliphatic rings. The number of primary amides is 1. The topological polar surface area (TPSA) is 106 Å². The number of hydrogen-bond donors (Lipinski definition) is 2.